The highest BCUT2D eigenvalue weighted by Gasteiger charge is 2.28. The number of fused-ring (bicyclic) bond motifs is 9. The van der Waals surface area contributed by atoms with Crippen molar-refractivity contribution in [3.05, 3.63) is 168 Å². The Labute approximate surface area is 296 Å². The Morgan fingerprint density at radius 2 is 1.20 bits per heavy atom. The molecule has 0 amide bonds. The Hall–Kier alpha value is -6.21. The van der Waals surface area contributed by atoms with Crippen LogP contribution in [-0.4, -0.2) is 5.84 Å². The van der Waals surface area contributed by atoms with Crippen molar-refractivity contribution in [2.24, 2.45) is 4.99 Å². The molecule has 3 aromatic heterocycles. The first-order valence-electron chi connectivity index (χ1n) is 17.2. The number of hydrogen-bond acceptors (Lipinski definition) is 6. The van der Waals surface area contributed by atoms with Gasteiger partial charge in [0.2, 0.25) is 0 Å². The van der Waals surface area contributed by atoms with E-state index in [1.54, 1.807) is 0 Å². The summed E-state index contributed by atoms with van der Waals surface area (Å²) in [7, 11) is 0. The monoisotopic (exact) mass is 675 g/mol. The summed E-state index contributed by atoms with van der Waals surface area (Å²) in [6.07, 6.45) is -0.495. The van der Waals surface area contributed by atoms with Gasteiger partial charge in [-0.2, -0.15) is 0 Å². The Bertz CT molecular complexity index is 3010. The maximum atomic E-state index is 6.67. The topological polar surface area (TPSA) is 62.7 Å². The molecule has 2 atom stereocenters. The van der Waals surface area contributed by atoms with Crippen LogP contribution in [0.5, 0.6) is 0 Å². The molecule has 0 aliphatic carbocycles. The summed E-state index contributed by atoms with van der Waals surface area (Å²) in [6, 6.07) is 53.2. The number of benzene rings is 7. The quantitative estimate of drug-likeness (QED) is 0.195. The van der Waals surface area contributed by atoms with Gasteiger partial charge in [0.1, 0.15) is 40.5 Å². The van der Waals surface area contributed by atoms with Crippen LogP contribution in [0, 0.1) is 0 Å². The molecule has 10 aromatic rings. The first-order chi connectivity index (χ1) is 25.2. The fourth-order valence-electron chi connectivity index (χ4n) is 7.68. The molecule has 4 heterocycles. The predicted molar refractivity (Wildman–Crippen MR) is 210 cm³/mol. The molecule has 5 nitrogen and oxygen atoms in total. The van der Waals surface area contributed by atoms with Crippen LogP contribution in [0.2, 0.25) is 0 Å². The maximum absolute atomic E-state index is 6.67. The zero-order chi connectivity index (χ0) is 33.5. The van der Waals surface area contributed by atoms with Gasteiger partial charge in [-0.3, -0.25) is 5.32 Å². The number of thiophene rings is 1. The summed E-state index contributed by atoms with van der Waals surface area (Å²) < 4.78 is 15.4. The number of aliphatic imine (C=N–C) groups is 1. The molecule has 51 heavy (non-hydrogen) atoms. The Kier molecular flexibility index (Phi) is 6.26. The molecular weight excluding hydrogens is 647 g/mol. The van der Waals surface area contributed by atoms with Crippen LogP contribution >= 0.6 is 11.3 Å². The van der Waals surface area contributed by atoms with Crippen molar-refractivity contribution in [1.29, 1.82) is 0 Å². The highest BCUT2D eigenvalue weighted by Crippen LogP contribution is 2.39. The van der Waals surface area contributed by atoms with E-state index >= 15 is 0 Å². The lowest BCUT2D eigenvalue weighted by molar-refractivity contribution is 0.408. The minimum atomic E-state index is -0.250. The van der Waals surface area contributed by atoms with Crippen molar-refractivity contribution in [3.8, 4) is 11.1 Å². The van der Waals surface area contributed by atoms with E-state index in [0.29, 0.717) is 0 Å². The largest absolute Gasteiger partial charge is 0.456 e. The second-order valence-corrected chi connectivity index (χ2v) is 14.3. The van der Waals surface area contributed by atoms with E-state index in [1.165, 1.54) is 20.2 Å². The van der Waals surface area contributed by atoms with Gasteiger partial charge in [-0.05, 0) is 59.2 Å². The molecule has 0 saturated heterocycles. The fourth-order valence-corrected chi connectivity index (χ4v) is 8.82. The molecule has 1 aliphatic heterocycles. The molecule has 0 fully saturated rings. The van der Waals surface area contributed by atoms with E-state index in [0.717, 1.165) is 77.5 Å². The van der Waals surface area contributed by atoms with Crippen molar-refractivity contribution >= 4 is 81.2 Å². The van der Waals surface area contributed by atoms with Crippen molar-refractivity contribution in [3.63, 3.8) is 0 Å². The highest BCUT2D eigenvalue weighted by molar-refractivity contribution is 7.25. The average Bonchev–Trinajstić information content (AvgIpc) is 3.88. The Morgan fingerprint density at radius 1 is 0.490 bits per heavy atom. The van der Waals surface area contributed by atoms with E-state index in [2.05, 4.69) is 144 Å². The number of nitrogens with zero attached hydrogens (tertiary/aromatic N) is 1. The predicted octanol–water partition coefficient (Wildman–Crippen LogP) is 11.9. The number of hydrogen-bond donors (Lipinski definition) is 2. The molecule has 11 rings (SSSR count). The molecule has 0 saturated carbocycles. The van der Waals surface area contributed by atoms with Gasteiger partial charge in [-0.1, -0.05) is 109 Å². The molecule has 242 valence electrons. The van der Waals surface area contributed by atoms with Crippen molar-refractivity contribution in [1.82, 2.24) is 10.6 Å². The molecule has 7 aromatic carbocycles. The molecule has 1 aliphatic rings. The normalized spacial score (nSPS) is 16.4. The number of para-hydroxylation sites is 2. The van der Waals surface area contributed by atoms with E-state index in [4.69, 9.17) is 13.8 Å². The Balaban J connectivity index is 1.00. The zero-order valence-electron chi connectivity index (χ0n) is 27.3. The third-order valence-electron chi connectivity index (χ3n) is 10.2. The second-order valence-electron chi connectivity index (χ2n) is 13.2. The Morgan fingerprint density at radius 3 is 2.14 bits per heavy atom. The zero-order valence-corrected chi connectivity index (χ0v) is 28.1. The SMILES string of the molecule is c1ccc(C2N=C(c3ccc4c(c3)sc3ccccc34)NC(c3cccc4c3oc3ccc(-c5ccc6c(c5)oc5ccccc56)cc34)N2)cc1. The number of nitrogens with one attached hydrogen (secondary N) is 2. The van der Waals surface area contributed by atoms with Crippen molar-refractivity contribution < 1.29 is 8.83 Å². The summed E-state index contributed by atoms with van der Waals surface area (Å²) >= 11 is 1.82. The number of rotatable bonds is 4. The van der Waals surface area contributed by atoms with Gasteiger partial charge >= 0.3 is 0 Å². The molecule has 2 N–H and O–H groups in total. The highest BCUT2D eigenvalue weighted by atomic mass is 32.1. The first-order valence-corrected chi connectivity index (χ1v) is 18.0. The van der Waals surface area contributed by atoms with Gasteiger partial charge in [0.25, 0.3) is 0 Å². The smallest absolute Gasteiger partial charge is 0.142 e. The van der Waals surface area contributed by atoms with Crippen molar-refractivity contribution in [2.75, 3.05) is 0 Å². The summed E-state index contributed by atoms with van der Waals surface area (Å²) in [6.45, 7) is 0. The van der Waals surface area contributed by atoms with Gasteiger partial charge < -0.3 is 14.2 Å². The molecule has 6 heteroatoms. The van der Waals surface area contributed by atoms with Gasteiger partial charge in [-0.25, -0.2) is 4.99 Å². The maximum Gasteiger partial charge on any atom is 0.142 e. The van der Waals surface area contributed by atoms with E-state index in [9.17, 15) is 0 Å². The van der Waals surface area contributed by atoms with Crippen LogP contribution < -0.4 is 10.6 Å². The van der Waals surface area contributed by atoms with Crippen LogP contribution in [0.3, 0.4) is 0 Å². The number of amidine groups is 1. The fraction of sp³-hybridized carbons (Fsp3) is 0.0444. The third kappa shape index (κ3) is 4.61. The minimum absolute atomic E-state index is 0.245. The summed E-state index contributed by atoms with van der Waals surface area (Å²) in [4.78, 5) is 5.22. The van der Waals surface area contributed by atoms with E-state index in [-0.39, 0.29) is 12.3 Å². The second kappa shape index (κ2) is 11.2. The number of furan rings is 2. The lowest BCUT2D eigenvalue weighted by Crippen LogP contribution is -2.45. The van der Waals surface area contributed by atoms with Crippen LogP contribution in [0.25, 0.3) is 75.2 Å². The summed E-state index contributed by atoms with van der Waals surface area (Å²) in [5, 5.41) is 14.5. The molecule has 0 radical (unpaired) electrons. The summed E-state index contributed by atoms with van der Waals surface area (Å²) in [5.41, 5.74) is 8.91. The lowest BCUT2D eigenvalue weighted by atomic mass is 10.00. The molecule has 0 spiro atoms. The van der Waals surface area contributed by atoms with Crippen molar-refractivity contribution in [2.45, 2.75) is 12.3 Å². The first kappa shape index (κ1) is 28.6. The van der Waals surface area contributed by atoms with Crippen LogP contribution in [0.15, 0.2) is 165 Å². The molecular formula is C45H29N3O2S. The average molecular weight is 676 g/mol. The van der Waals surface area contributed by atoms with E-state index < -0.39 is 0 Å². The third-order valence-corrected chi connectivity index (χ3v) is 11.3. The van der Waals surface area contributed by atoms with E-state index in [1.807, 2.05) is 29.5 Å². The van der Waals surface area contributed by atoms with Gasteiger partial charge in [-0.15, -0.1) is 11.3 Å². The molecule has 2 unspecified atom stereocenters. The minimum Gasteiger partial charge on any atom is -0.456 e. The van der Waals surface area contributed by atoms with Crippen LogP contribution in [0.4, 0.5) is 0 Å². The van der Waals surface area contributed by atoms with Crippen LogP contribution in [-0.2, 0) is 0 Å². The van der Waals surface area contributed by atoms with Crippen LogP contribution in [0.1, 0.15) is 29.0 Å². The standard InChI is InChI=1S/C45H29N3O2S/c1-2-9-26(10-3-1)43-46-44(29-18-21-33-32-12-5-7-16-40(32)51-41(33)25-29)48-45(47-43)35-14-8-13-34-36-23-27(19-22-38(36)50-42(34)35)28-17-20-31-30-11-4-6-15-37(30)49-39(31)24-28/h1-25,43,45,47H,(H,46,48). The molecule has 0 bridgehead atoms. The van der Waals surface area contributed by atoms with Gasteiger partial charge in [0.05, 0.1) is 0 Å². The van der Waals surface area contributed by atoms with Gasteiger partial charge in [0, 0.05) is 52.8 Å². The lowest BCUT2D eigenvalue weighted by Gasteiger charge is -2.32. The van der Waals surface area contributed by atoms with Gasteiger partial charge in [0.15, 0.2) is 0 Å². The summed E-state index contributed by atoms with van der Waals surface area (Å²) in [5.74, 6) is 0.850.